The predicted octanol–water partition coefficient (Wildman–Crippen LogP) is 2.31. The van der Waals surface area contributed by atoms with Crippen molar-refractivity contribution >= 4 is 22.9 Å². The van der Waals surface area contributed by atoms with E-state index < -0.39 is 0 Å². The molecule has 0 saturated carbocycles. The van der Waals surface area contributed by atoms with E-state index in [1.165, 1.54) is 19.5 Å². The third-order valence-corrected chi connectivity index (χ3v) is 2.61. The summed E-state index contributed by atoms with van der Waals surface area (Å²) in [4.78, 5) is 0. The van der Waals surface area contributed by atoms with E-state index in [1.54, 1.807) is 0 Å². The fraction of sp³-hybridized carbons (Fsp3) is 1.00. The summed E-state index contributed by atoms with van der Waals surface area (Å²) in [6, 6.07) is 0. The first-order valence-corrected chi connectivity index (χ1v) is 4.55. The highest BCUT2D eigenvalue weighted by molar-refractivity contribution is 14.1. The fourth-order valence-electron chi connectivity index (χ4n) is 1.59. The van der Waals surface area contributed by atoms with Crippen molar-refractivity contribution in [1.82, 2.24) is 3.11 Å². The number of nitrogens with zero attached hydrogens (tertiary/aromatic N) is 1. The Hall–Kier alpha value is 0.690. The van der Waals surface area contributed by atoms with Crippen molar-refractivity contribution in [2.24, 2.45) is 11.8 Å². The minimum absolute atomic E-state index is 0.908. The zero-order valence-corrected chi connectivity index (χ0v) is 8.26. The van der Waals surface area contributed by atoms with Gasteiger partial charge in [-0.2, -0.15) is 0 Å². The van der Waals surface area contributed by atoms with Crippen LogP contribution in [0.15, 0.2) is 0 Å². The molecule has 1 fully saturated rings. The van der Waals surface area contributed by atoms with Crippen LogP contribution in [0.25, 0.3) is 0 Å². The van der Waals surface area contributed by atoms with Gasteiger partial charge in [-0.1, -0.05) is 13.8 Å². The van der Waals surface area contributed by atoms with Crippen LogP contribution in [-0.4, -0.2) is 16.2 Å². The molecule has 0 amide bonds. The monoisotopic (exact) mass is 239 g/mol. The lowest BCUT2D eigenvalue weighted by Gasteiger charge is -2.30. The van der Waals surface area contributed by atoms with Crippen molar-refractivity contribution in [3.8, 4) is 0 Å². The van der Waals surface area contributed by atoms with Crippen LogP contribution in [-0.2, 0) is 0 Å². The molecule has 1 heterocycles. The van der Waals surface area contributed by atoms with Gasteiger partial charge < -0.3 is 0 Å². The van der Waals surface area contributed by atoms with E-state index in [9.17, 15) is 0 Å². The number of hydrogen-bond donors (Lipinski definition) is 0. The SMILES string of the molecule is CC1CC(C)CN(I)C1. The zero-order valence-electron chi connectivity index (χ0n) is 6.10. The van der Waals surface area contributed by atoms with Crippen molar-refractivity contribution in [1.29, 1.82) is 0 Å². The summed E-state index contributed by atoms with van der Waals surface area (Å²) in [7, 11) is 0. The Labute approximate surface area is 71.3 Å². The Morgan fingerprint density at radius 1 is 1.22 bits per heavy atom. The highest BCUT2D eigenvalue weighted by Crippen LogP contribution is 2.22. The highest BCUT2D eigenvalue weighted by atomic mass is 127. The Bertz CT molecular complexity index is 69.9. The molecule has 2 unspecified atom stereocenters. The van der Waals surface area contributed by atoms with Crippen molar-refractivity contribution in [2.75, 3.05) is 13.1 Å². The first-order valence-electron chi connectivity index (χ1n) is 3.59. The molecular formula is C7H14IN. The van der Waals surface area contributed by atoms with Crippen LogP contribution in [0.5, 0.6) is 0 Å². The van der Waals surface area contributed by atoms with Crippen LogP contribution in [0.3, 0.4) is 0 Å². The van der Waals surface area contributed by atoms with Crippen molar-refractivity contribution in [3.05, 3.63) is 0 Å². The average Bonchev–Trinajstić information content (AvgIpc) is 1.59. The molecule has 1 nitrogen and oxygen atoms in total. The Kier molecular flexibility index (Phi) is 2.76. The van der Waals surface area contributed by atoms with E-state index in [0.717, 1.165) is 11.8 Å². The smallest absolute Gasteiger partial charge is 0.0201 e. The predicted molar refractivity (Wildman–Crippen MR) is 48.5 cm³/mol. The van der Waals surface area contributed by atoms with Gasteiger partial charge in [0, 0.05) is 36.0 Å². The standard InChI is InChI=1S/C7H14IN/c1-6-3-7(2)5-9(8)4-6/h6-7H,3-5H2,1-2H3. The lowest BCUT2D eigenvalue weighted by molar-refractivity contribution is 0.254. The van der Waals surface area contributed by atoms with Gasteiger partial charge in [0.15, 0.2) is 0 Å². The van der Waals surface area contributed by atoms with Gasteiger partial charge in [0.1, 0.15) is 0 Å². The quantitative estimate of drug-likeness (QED) is 0.463. The van der Waals surface area contributed by atoms with Crippen LogP contribution >= 0.6 is 22.9 Å². The molecule has 9 heavy (non-hydrogen) atoms. The summed E-state index contributed by atoms with van der Waals surface area (Å²) in [5.74, 6) is 1.82. The molecule has 0 aromatic carbocycles. The lowest BCUT2D eigenvalue weighted by atomic mass is 9.94. The van der Waals surface area contributed by atoms with Crippen molar-refractivity contribution in [2.45, 2.75) is 20.3 Å². The molecule has 0 radical (unpaired) electrons. The minimum Gasteiger partial charge on any atom is -0.247 e. The number of rotatable bonds is 0. The Balaban J connectivity index is 2.34. The van der Waals surface area contributed by atoms with Gasteiger partial charge in [-0.3, -0.25) is 0 Å². The van der Waals surface area contributed by atoms with E-state index in [4.69, 9.17) is 0 Å². The van der Waals surface area contributed by atoms with Gasteiger partial charge >= 0.3 is 0 Å². The third-order valence-electron chi connectivity index (χ3n) is 1.82. The molecule has 1 saturated heterocycles. The molecule has 0 aromatic heterocycles. The molecular weight excluding hydrogens is 225 g/mol. The Morgan fingerprint density at radius 2 is 1.67 bits per heavy atom. The summed E-state index contributed by atoms with van der Waals surface area (Å²) < 4.78 is 2.40. The van der Waals surface area contributed by atoms with E-state index in [-0.39, 0.29) is 0 Å². The fourth-order valence-corrected chi connectivity index (χ4v) is 2.93. The lowest BCUT2D eigenvalue weighted by Crippen LogP contribution is -2.31. The van der Waals surface area contributed by atoms with Gasteiger partial charge in [-0.15, -0.1) is 0 Å². The molecule has 54 valence electrons. The van der Waals surface area contributed by atoms with Gasteiger partial charge in [0.25, 0.3) is 0 Å². The van der Waals surface area contributed by atoms with E-state index in [1.807, 2.05) is 0 Å². The normalized spacial score (nSPS) is 39.0. The maximum absolute atomic E-state index is 2.42. The number of piperidine rings is 1. The molecule has 0 bridgehead atoms. The van der Waals surface area contributed by atoms with Gasteiger partial charge in [-0.05, 0) is 18.3 Å². The summed E-state index contributed by atoms with van der Waals surface area (Å²) in [5.41, 5.74) is 0. The second-order valence-corrected chi connectivity index (χ2v) is 4.64. The van der Waals surface area contributed by atoms with Gasteiger partial charge in [0.2, 0.25) is 0 Å². The first-order chi connectivity index (χ1) is 4.18. The molecule has 1 aliphatic heterocycles. The second-order valence-electron chi connectivity index (χ2n) is 3.27. The second kappa shape index (κ2) is 3.19. The Morgan fingerprint density at radius 3 is 2.00 bits per heavy atom. The van der Waals surface area contributed by atoms with Crippen LogP contribution in [0.2, 0.25) is 0 Å². The molecule has 2 atom stereocenters. The van der Waals surface area contributed by atoms with Crippen molar-refractivity contribution in [3.63, 3.8) is 0 Å². The summed E-state index contributed by atoms with van der Waals surface area (Å²) in [6.45, 7) is 7.23. The molecule has 0 aromatic rings. The number of halogens is 1. The van der Waals surface area contributed by atoms with E-state index >= 15 is 0 Å². The number of hydrogen-bond acceptors (Lipinski definition) is 1. The highest BCUT2D eigenvalue weighted by Gasteiger charge is 2.19. The largest absolute Gasteiger partial charge is 0.247 e. The van der Waals surface area contributed by atoms with Crippen LogP contribution in [0, 0.1) is 11.8 Å². The summed E-state index contributed by atoms with van der Waals surface area (Å²) in [6.07, 6.45) is 1.42. The summed E-state index contributed by atoms with van der Waals surface area (Å²) >= 11 is 2.42. The maximum Gasteiger partial charge on any atom is 0.0201 e. The molecule has 0 aliphatic carbocycles. The molecule has 0 N–H and O–H groups in total. The maximum atomic E-state index is 2.42. The average molecular weight is 239 g/mol. The third kappa shape index (κ3) is 2.42. The molecule has 1 rings (SSSR count). The van der Waals surface area contributed by atoms with Crippen LogP contribution in [0.4, 0.5) is 0 Å². The molecule has 2 heteroatoms. The summed E-state index contributed by atoms with van der Waals surface area (Å²) in [5, 5.41) is 0. The van der Waals surface area contributed by atoms with Crippen LogP contribution in [0.1, 0.15) is 20.3 Å². The van der Waals surface area contributed by atoms with E-state index in [0.29, 0.717) is 0 Å². The molecule has 0 spiro atoms. The topological polar surface area (TPSA) is 3.24 Å². The van der Waals surface area contributed by atoms with Gasteiger partial charge in [-0.25, -0.2) is 3.11 Å². The van der Waals surface area contributed by atoms with Gasteiger partial charge in [0.05, 0.1) is 0 Å². The minimum atomic E-state index is 0.908. The first kappa shape index (κ1) is 7.79. The zero-order chi connectivity index (χ0) is 6.85. The van der Waals surface area contributed by atoms with Crippen molar-refractivity contribution < 1.29 is 0 Å². The van der Waals surface area contributed by atoms with E-state index in [2.05, 4.69) is 39.8 Å². The molecule has 1 aliphatic rings. The van der Waals surface area contributed by atoms with Crippen LogP contribution < -0.4 is 0 Å².